The summed E-state index contributed by atoms with van der Waals surface area (Å²) >= 11 is 0. The number of ketones is 1. The number of nitrogens with two attached hydrogens (primary N) is 3. The van der Waals surface area contributed by atoms with Gasteiger partial charge in [0.05, 0.1) is 117 Å². The van der Waals surface area contributed by atoms with Crippen LogP contribution in [0.25, 0.3) is 0 Å². The van der Waals surface area contributed by atoms with Gasteiger partial charge in [0.1, 0.15) is 54.6 Å². The molecule has 0 aromatic rings. The smallest absolute Gasteiger partial charge is 0.308 e. The van der Waals surface area contributed by atoms with E-state index < -0.39 is 133 Å². The normalized spacial score (nSPS) is 55.4. The minimum atomic E-state index is -1.37. The highest BCUT2D eigenvalue weighted by Gasteiger charge is 2.69. The SMILES string of the molecule is C=C1C2C[C@@H]3O[C@H]4C[C@@H](O)[C@@H](CC(=O)C[C@@H]5O[C@@]6(C[C@H](N)[C@@H]5O)C[C@H](N)[C@@H]5O[C@H](CO)[C@H](O)C[C@@H]5O6)O[C@H]4[C@H](N)[C@H]3OC(=O)C[C@H]3CC[C@@H]4O[C@@H]5C6OC7C[C@](CCC8CC(=C)[C@H](CC[C@@H](C[C@H]1C)O2)O8)(O[C@H]6[C@H]4O3)O[C@@H]75. The van der Waals surface area contributed by atoms with Gasteiger partial charge >= 0.3 is 5.97 Å². The molecule has 14 saturated heterocycles. The Morgan fingerprint density at radius 1 is 0.571 bits per heavy atom. The summed E-state index contributed by atoms with van der Waals surface area (Å²) in [6.07, 6.45) is -8.41. The maximum Gasteiger partial charge on any atom is 0.308 e. The zero-order valence-corrected chi connectivity index (χ0v) is 44.0. The summed E-state index contributed by atoms with van der Waals surface area (Å²) in [5.74, 6) is -3.05. The van der Waals surface area contributed by atoms with Crippen LogP contribution in [0.5, 0.6) is 0 Å². The predicted molar refractivity (Wildman–Crippen MR) is 264 cm³/mol. The van der Waals surface area contributed by atoms with Gasteiger partial charge in [0.15, 0.2) is 11.6 Å². The van der Waals surface area contributed by atoms with E-state index >= 15 is 0 Å². The summed E-state index contributed by atoms with van der Waals surface area (Å²) in [7, 11) is 0. The summed E-state index contributed by atoms with van der Waals surface area (Å²) in [5, 5.41) is 43.3. The highest BCUT2D eigenvalue weighted by atomic mass is 16.8. The van der Waals surface area contributed by atoms with E-state index in [2.05, 4.69) is 20.1 Å². The fourth-order valence-corrected chi connectivity index (χ4v) is 15.9. The number of esters is 1. The van der Waals surface area contributed by atoms with Gasteiger partial charge in [-0.1, -0.05) is 20.1 Å². The molecule has 30 atom stereocenters. The second-order valence-corrected chi connectivity index (χ2v) is 25.2. The molecule has 22 nitrogen and oxygen atoms in total. The molecule has 0 aliphatic carbocycles. The Balaban J connectivity index is 0.715. The third-order valence-corrected chi connectivity index (χ3v) is 19.8. The summed E-state index contributed by atoms with van der Waals surface area (Å²) in [6.45, 7) is 10.7. The van der Waals surface area contributed by atoms with E-state index in [9.17, 15) is 30.0 Å². The van der Waals surface area contributed by atoms with Crippen molar-refractivity contribution in [3.05, 3.63) is 24.3 Å². The molecule has 14 aliphatic rings. The lowest BCUT2D eigenvalue weighted by Gasteiger charge is -2.54. The van der Waals surface area contributed by atoms with Crippen LogP contribution in [-0.2, 0) is 71.2 Å². The molecule has 14 aliphatic heterocycles. The third kappa shape index (κ3) is 10.0. The second kappa shape index (κ2) is 20.9. The zero-order valence-electron chi connectivity index (χ0n) is 44.0. The Labute approximate surface area is 448 Å². The first-order valence-corrected chi connectivity index (χ1v) is 28.9. The molecule has 14 fully saturated rings. The van der Waals surface area contributed by atoms with Crippen molar-refractivity contribution in [3.8, 4) is 0 Å². The van der Waals surface area contributed by atoms with Crippen LogP contribution in [0.3, 0.4) is 0 Å². The molecule has 430 valence electrons. The van der Waals surface area contributed by atoms with Crippen molar-refractivity contribution in [2.24, 2.45) is 23.1 Å². The quantitative estimate of drug-likeness (QED) is 0.141. The Kier molecular flexibility index (Phi) is 14.7. The molecule has 14 heterocycles. The number of aliphatic hydroxyl groups excluding tert-OH is 4. The van der Waals surface area contributed by atoms with E-state index in [1.807, 2.05) is 0 Å². The fourth-order valence-electron chi connectivity index (χ4n) is 15.9. The lowest BCUT2D eigenvalue weighted by Crippen LogP contribution is -2.68. The summed E-state index contributed by atoms with van der Waals surface area (Å²) in [6, 6.07) is -2.41. The molecule has 10 N–H and O–H groups in total. The van der Waals surface area contributed by atoms with Gasteiger partial charge in [-0.2, -0.15) is 0 Å². The first kappa shape index (κ1) is 54.1. The predicted octanol–water partition coefficient (Wildman–Crippen LogP) is 0.0450. The van der Waals surface area contributed by atoms with E-state index in [-0.39, 0.29) is 119 Å². The largest absolute Gasteiger partial charge is 0.458 e. The maximum absolute atomic E-state index is 14.4. The van der Waals surface area contributed by atoms with Crippen molar-refractivity contribution in [3.63, 3.8) is 0 Å². The maximum atomic E-state index is 14.4. The van der Waals surface area contributed by atoms with Crippen molar-refractivity contribution in [1.82, 2.24) is 0 Å². The number of carbonyl (C=O) groups is 2. The number of hydrogen-bond acceptors (Lipinski definition) is 22. The number of carbonyl (C=O) groups excluding carboxylic acids is 2. The number of hydrogen-bond donors (Lipinski definition) is 7. The van der Waals surface area contributed by atoms with Gasteiger partial charge in [-0.25, -0.2) is 0 Å². The second-order valence-electron chi connectivity index (χ2n) is 25.2. The van der Waals surface area contributed by atoms with Crippen LogP contribution in [0.15, 0.2) is 24.3 Å². The fraction of sp³-hybridized carbons (Fsp3) is 0.891. The molecule has 4 unspecified atom stereocenters. The first-order valence-electron chi connectivity index (χ1n) is 28.9. The number of aliphatic hydroxyl groups is 4. The lowest BCUT2D eigenvalue weighted by atomic mass is 9.81. The molecular weight excluding hydrogens is 1010 g/mol. The molecule has 14 rings (SSSR count). The first-order chi connectivity index (χ1) is 36.9. The van der Waals surface area contributed by atoms with E-state index in [1.165, 1.54) is 0 Å². The standard InChI is InChI=1S/C55H81N3O19/c1-22-10-26-4-6-33-23(2)11-28(65-33)8-9-54-20-41-50(76-54)51-52(71-41)53(77-54)49-34(69-51)7-5-27(67-49)14-43(63)73-48-39(17-35(66-26)24(22)3)68-38-15-31(61)36(70-47(38)44(48)58)12-25(60)13-37-45(64)29(56)18-55(74-37)19-30(57)46-40(75-55)16-32(62)42(21-59)72-46/h22,26-42,44-53,59,61-62,64H,2-21,56-58H2,1H3/t22-,26+,27-,28?,29+,30+,31-,32-,33+,34+,35?,36-,37+,38+,39+,40+,41?,42-,44+,45+,46+,47-,48+,49+,50+,51+,52?,53+,54+,55-/m1/s1. The molecule has 22 heteroatoms. The van der Waals surface area contributed by atoms with E-state index in [1.54, 1.807) is 0 Å². The average Bonchev–Trinajstić information content (AvgIpc) is 4.23. The van der Waals surface area contributed by atoms with Crippen LogP contribution in [0.2, 0.25) is 0 Å². The van der Waals surface area contributed by atoms with Gasteiger partial charge in [-0.15, -0.1) is 0 Å². The molecule has 0 radical (unpaired) electrons. The van der Waals surface area contributed by atoms with Crippen LogP contribution < -0.4 is 17.2 Å². The summed E-state index contributed by atoms with van der Waals surface area (Å²) < 4.78 is 86.1. The Bertz CT molecular complexity index is 2250. The third-order valence-electron chi connectivity index (χ3n) is 19.8. The van der Waals surface area contributed by atoms with Gasteiger partial charge in [-0.3, -0.25) is 9.59 Å². The summed E-state index contributed by atoms with van der Waals surface area (Å²) in [5.41, 5.74) is 22.3. The highest BCUT2D eigenvalue weighted by Crippen LogP contribution is 2.55. The van der Waals surface area contributed by atoms with E-state index in [0.717, 1.165) is 43.3 Å². The summed E-state index contributed by atoms with van der Waals surface area (Å²) in [4.78, 5) is 28.5. The molecule has 0 saturated carbocycles. The Morgan fingerprint density at radius 3 is 2.09 bits per heavy atom. The number of fused-ring (bicyclic) bond motifs is 8. The molecular formula is C55H81N3O19. The Morgan fingerprint density at radius 2 is 1.26 bits per heavy atom. The minimum absolute atomic E-state index is 0.0307. The monoisotopic (exact) mass is 1090 g/mol. The van der Waals surface area contributed by atoms with Crippen molar-refractivity contribution in [2.45, 2.75) is 292 Å². The van der Waals surface area contributed by atoms with Crippen molar-refractivity contribution in [1.29, 1.82) is 0 Å². The van der Waals surface area contributed by atoms with Crippen molar-refractivity contribution < 1.29 is 91.6 Å². The van der Waals surface area contributed by atoms with Crippen LogP contribution in [0.1, 0.15) is 116 Å². The average molecular weight is 1090 g/mol. The van der Waals surface area contributed by atoms with Gasteiger partial charge in [-0.05, 0) is 62.0 Å². The number of Topliss-reactive ketones (excluding diaryl/α,β-unsaturated/α-hetero) is 1. The number of rotatable bonds is 5. The lowest BCUT2D eigenvalue weighted by molar-refractivity contribution is -0.364. The highest BCUT2D eigenvalue weighted by molar-refractivity contribution is 5.79. The molecule has 2 spiro atoms. The minimum Gasteiger partial charge on any atom is -0.458 e. The van der Waals surface area contributed by atoms with Crippen molar-refractivity contribution in [2.75, 3.05) is 6.61 Å². The number of ether oxygens (including phenoxy) is 13. The van der Waals surface area contributed by atoms with Crippen LogP contribution >= 0.6 is 0 Å². The van der Waals surface area contributed by atoms with Crippen LogP contribution in [-0.4, -0.2) is 215 Å². The van der Waals surface area contributed by atoms with Crippen LogP contribution in [0.4, 0.5) is 0 Å². The molecule has 0 aromatic heterocycles. The van der Waals surface area contributed by atoms with Crippen molar-refractivity contribution >= 4 is 11.8 Å². The van der Waals surface area contributed by atoms with Gasteiger partial charge < -0.3 is 99.2 Å². The molecule has 12 bridgehead atoms. The molecule has 0 amide bonds. The topological polar surface area (TPSA) is 313 Å². The molecule has 77 heavy (non-hydrogen) atoms. The van der Waals surface area contributed by atoms with Gasteiger partial charge in [0, 0.05) is 69.9 Å². The Hall–Kier alpha value is -2.14. The van der Waals surface area contributed by atoms with Gasteiger partial charge in [0.25, 0.3) is 0 Å². The van der Waals surface area contributed by atoms with E-state index in [4.69, 9.17) is 78.8 Å². The van der Waals surface area contributed by atoms with E-state index in [0.29, 0.717) is 25.7 Å². The zero-order chi connectivity index (χ0) is 53.4. The van der Waals surface area contributed by atoms with Crippen LogP contribution in [0, 0.1) is 5.92 Å². The molecule has 0 aromatic carbocycles. The van der Waals surface area contributed by atoms with Gasteiger partial charge in [0.2, 0.25) is 0 Å².